The van der Waals surface area contributed by atoms with Crippen LogP contribution in [0.3, 0.4) is 0 Å². The lowest BCUT2D eigenvalue weighted by Crippen LogP contribution is -2.48. The number of nitrogens with zero attached hydrogens (tertiary/aromatic N) is 2. The minimum absolute atomic E-state index is 0.218. The third kappa shape index (κ3) is 4.30. The molecule has 5 rings (SSSR count). The van der Waals surface area contributed by atoms with Crippen molar-refractivity contribution in [2.45, 2.75) is 83.2 Å². The summed E-state index contributed by atoms with van der Waals surface area (Å²) in [6.45, 7) is 2.10. The summed E-state index contributed by atoms with van der Waals surface area (Å²) >= 11 is 0. The Kier molecular flexibility index (Phi) is 6.25. The van der Waals surface area contributed by atoms with E-state index in [9.17, 15) is 4.79 Å². The van der Waals surface area contributed by atoms with Gasteiger partial charge in [-0.1, -0.05) is 86.6 Å². The summed E-state index contributed by atoms with van der Waals surface area (Å²) in [5.41, 5.74) is 4.91. The molecule has 0 aliphatic heterocycles. The summed E-state index contributed by atoms with van der Waals surface area (Å²) in [5, 5.41) is 0.977. The van der Waals surface area contributed by atoms with Crippen LogP contribution < -0.4 is 0 Å². The van der Waals surface area contributed by atoms with Gasteiger partial charge < -0.3 is 4.90 Å². The number of aryl methyl sites for hydroxylation is 1. The van der Waals surface area contributed by atoms with Crippen LogP contribution >= 0.6 is 0 Å². The van der Waals surface area contributed by atoms with Crippen molar-refractivity contribution in [3.63, 3.8) is 0 Å². The van der Waals surface area contributed by atoms with Gasteiger partial charge in [0, 0.05) is 23.0 Å². The highest BCUT2D eigenvalue weighted by Gasteiger charge is 2.34. The first kappa shape index (κ1) is 21.2. The van der Waals surface area contributed by atoms with Crippen LogP contribution in [0.15, 0.2) is 54.6 Å². The average Bonchev–Trinajstić information content (AvgIpc) is 2.85. The minimum Gasteiger partial charge on any atom is -0.333 e. The fraction of sp³-hybridized carbons (Fsp3) is 0.448. The molecule has 1 aromatic heterocycles. The largest absolute Gasteiger partial charge is 0.333 e. The highest BCUT2D eigenvalue weighted by atomic mass is 16.2. The second-order valence-corrected chi connectivity index (χ2v) is 9.73. The second-order valence-electron chi connectivity index (χ2n) is 9.73. The summed E-state index contributed by atoms with van der Waals surface area (Å²) in [5.74, 6) is 0.218. The maximum Gasteiger partial charge on any atom is 0.255 e. The SMILES string of the molecule is Cc1ccc(-c2cc(C(=O)N(C3CCCCC3)C3CCCCC3)c3ccccc3n2)cc1. The molecule has 2 aromatic carbocycles. The number of benzene rings is 2. The van der Waals surface area contributed by atoms with Crippen LogP contribution in [0.2, 0.25) is 0 Å². The molecule has 0 atom stereocenters. The molecule has 3 aromatic rings. The van der Waals surface area contributed by atoms with Crippen LogP contribution in [-0.2, 0) is 0 Å². The van der Waals surface area contributed by atoms with Gasteiger partial charge in [-0.25, -0.2) is 4.98 Å². The molecule has 166 valence electrons. The molecule has 0 radical (unpaired) electrons. The molecule has 1 heterocycles. The van der Waals surface area contributed by atoms with Crippen LogP contribution in [0.4, 0.5) is 0 Å². The molecule has 0 spiro atoms. The number of para-hydroxylation sites is 1. The van der Waals surface area contributed by atoms with E-state index in [-0.39, 0.29) is 5.91 Å². The number of aromatic nitrogens is 1. The Bertz CT molecular complexity index is 1060. The van der Waals surface area contributed by atoms with Gasteiger partial charge in [0.25, 0.3) is 5.91 Å². The predicted octanol–water partition coefficient (Wildman–Crippen LogP) is 7.32. The number of carbonyl (C=O) groups excluding carboxylic acids is 1. The lowest BCUT2D eigenvalue weighted by molar-refractivity contribution is 0.0450. The van der Waals surface area contributed by atoms with Crippen molar-refractivity contribution in [2.75, 3.05) is 0 Å². The molecule has 32 heavy (non-hydrogen) atoms. The predicted molar refractivity (Wildman–Crippen MR) is 132 cm³/mol. The van der Waals surface area contributed by atoms with Crippen LogP contribution in [-0.4, -0.2) is 27.9 Å². The number of rotatable bonds is 4. The topological polar surface area (TPSA) is 33.2 Å². The Balaban J connectivity index is 1.60. The zero-order chi connectivity index (χ0) is 21.9. The number of amides is 1. The molecule has 2 saturated carbocycles. The molecule has 3 heteroatoms. The van der Waals surface area contributed by atoms with E-state index in [1.54, 1.807) is 0 Å². The van der Waals surface area contributed by atoms with Gasteiger partial charge in [-0.05, 0) is 44.7 Å². The molecule has 2 fully saturated rings. The normalized spacial score (nSPS) is 18.0. The van der Waals surface area contributed by atoms with Crippen molar-refractivity contribution in [1.29, 1.82) is 0 Å². The minimum atomic E-state index is 0.218. The maximum absolute atomic E-state index is 14.3. The molecule has 3 nitrogen and oxygen atoms in total. The van der Waals surface area contributed by atoms with Gasteiger partial charge in [0.05, 0.1) is 16.8 Å². The fourth-order valence-corrected chi connectivity index (χ4v) is 5.71. The molecule has 0 bridgehead atoms. The maximum atomic E-state index is 14.3. The molecule has 1 amide bonds. The molecule has 2 aliphatic carbocycles. The quantitative estimate of drug-likeness (QED) is 0.438. The van der Waals surface area contributed by atoms with Crippen molar-refractivity contribution >= 4 is 16.8 Å². The second kappa shape index (κ2) is 9.44. The summed E-state index contributed by atoms with van der Waals surface area (Å²) in [7, 11) is 0. The molecular formula is C29H34N2O. The summed E-state index contributed by atoms with van der Waals surface area (Å²) in [6, 6.07) is 19.4. The number of hydrogen-bond acceptors (Lipinski definition) is 2. The summed E-state index contributed by atoms with van der Waals surface area (Å²) in [6.07, 6.45) is 12.2. The monoisotopic (exact) mass is 426 g/mol. The van der Waals surface area contributed by atoms with Crippen LogP contribution in [0, 0.1) is 6.92 Å². The number of hydrogen-bond donors (Lipinski definition) is 0. The van der Waals surface area contributed by atoms with Crippen LogP contribution in [0.25, 0.3) is 22.2 Å². The van der Waals surface area contributed by atoms with Crippen molar-refractivity contribution in [3.05, 3.63) is 65.7 Å². The van der Waals surface area contributed by atoms with E-state index in [1.807, 2.05) is 24.3 Å². The lowest BCUT2D eigenvalue weighted by atomic mass is 9.87. The van der Waals surface area contributed by atoms with Gasteiger partial charge in [-0.3, -0.25) is 4.79 Å². The van der Waals surface area contributed by atoms with E-state index in [2.05, 4.69) is 42.2 Å². The van der Waals surface area contributed by atoms with Crippen molar-refractivity contribution in [1.82, 2.24) is 9.88 Å². The van der Waals surface area contributed by atoms with E-state index in [1.165, 1.54) is 44.1 Å². The molecule has 0 N–H and O–H groups in total. The average molecular weight is 427 g/mol. The highest BCUT2D eigenvalue weighted by Crippen LogP contribution is 2.34. The smallest absolute Gasteiger partial charge is 0.255 e. The van der Waals surface area contributed by atoms with Crippen LogP contribution in [0.1, 0.15) is 80.1 Å². The third-order valence-corrected chi connectivity index (χ3v) is 7.46. The zero-order valence-corrected chi connectivity index (χ0v) is 19.2. The van der Waals surface area contributed by atoms with Crippen molar-refractivity contribution < 1.29 is 4.79 Å². The van der Waals surface area contributed by atoms with Gasteiger partial charge in [0.1, 0.15) is 0 Å². The fourth-order valence-electron chi connectivity index (χ4n) is 5.71. The standard InChI is InChI=1S/C29H34N2O/c1-21-16-18-22(19-17-21)28-20-26(25-14-8-9-15-27(25)30-28)29(32)31(23-10-4-2-5-11-23)24-12-6-3-7-13-24/h8-9,14-20,23-24H,2-7,10-13H2,1H3. The van der Waals surface area contributed by atoms with Crippen LogP contribution in [0.5, 0.6) is 0 Å². The first-order chi connectivity index (χ1) is 15.7. The lowest BCUT2D eigenvalue weighted by Gasteiger charge is -2.42. The summed E-state index contributed by atoms with van der Waals surface area (Å²) < 4.78 is 0. The summed E-state index contributed by atoms with van der Waals surface area (Å²) in [4.78, 5) is 21.5. The Morgan fingerprint density at radius 3 is 2.03 bits per heavy atom. The molecule has 2 aliphatic rings. The van der Waals surface area contributed by atoms with Gasteiger partial charge in [-0.15, -0.1) is 0 Å². The van der Waals surface area contributed by atoms with E-state index >= 15 is 0 Å². The van der Waals surface area contributed by atoms with E-state index in [4.69, 9.17) is 4.98 Å². The molecular weight excluding hydrogens is 392 g/mol. The van der Waals surface area contributed by atoms with Crippen molar-refractivity contribution in [2.24, 2.45) is 0 Å². The van der Waals surface area contributed by atoms with Crippen molar-refractivity contribution in [3.8, 4) is 11.3 Å². The first-order valence-electron chi connectivity index (χ1n) is 12.5. The van der Waals surface area contributed by atoms with E-state index in [0.29, 0.717) is 12.1 Å². The van der Waals surface area contributed by atoms with Gasteiger partial charge >= 0.3 is 0 Å². The molecule has 0 saturated heterocycles. The Labute approximate surface area is 191 Å². The zero-order valence-electron chi connectivity index (χ0n) is 19.2. The Morgan fingerprint density at radius 2 is 1.41 bits per heavy atom. The van der Waals surface area contributed by atoms with E-state index in [0.717, 1.165) is 53.4 Å². The van der Waals surface area contributed by atoms with Gasteiger partial charge in [0.15, 0.2) is 0 Å². The van der Waals surface area contributed by atoms with E-state index < -0.39 is 0 Å². The number of carbonyl (C=O) groups is 1. The van der Waals surface area contributed by atoms with Gasteiger partial charge in [-0.2, -0.15) is 0 Å². The number of pyridine rings is 1. The third-order valence-electron chi connectivity index (χ3n) is 7.46. The highest BCUT2D eigenvalue weighted by molar-refractivity contribution is 6.07. The number of fused-ring (bicyclic) bond motifs is 1. The Morgan fingerprint density at radius 1 is 0.812 bits per heavy atom. The van der Waals surface area contributed by atoms with Gasteiger partial charge in [0.2, 0.25) is 0 Å². The first-order valence-corrected chi connectivity index (χ1v) is 12.5. The Hall–Kier alpha value is -2.68. The molecule has 0 unspecified atom stereocenters.